The van der Waals surface area contributed by atoms with E-state index in [0.29, 0.717) is 10.8 Å². The van der Waals surface area contributed by atoms with E-state index in [1.54, 1.807) is 0 Å². The van der Waals surface area contributed by atoms with E-state index in [2.05, 4.69) is 31.2 Å². The zero-order valence-electron chi connectivity index (χ0n) is 7.01. The van der Waals surface area contributed by atoms with Crippen molar-refractivity contribution < 1.29 is 0 Å². The van der Waals surface area contributed by atoms with E-state index < -0.39 is 0 Å². The van der Waals surface area contributed by atoms with Crippen molar-refractivity contribution in [2.75, 3.05) is 0 Å². The van der Waals surface area contributed by atoms with Crippen LogP contribution in [0, 0.1) is 16.7 Å². The molecule has 0 aromatic heterocycles. The molecule has 0 radical (unpaired) electrons. The van der Waals surface area contributed by atoms with Gasteiger partial charge in [0.1, 0.15) is 0 Å². The van der Waals surface area contributed by atoms with Crippen molar-refractivity contribution in [3.63, 3.8) is 0 Å². The number of hydrogen-bond acceptors (Lipinski definition) is 0. The van der Waals surface area contributed by atoms with E-state index in [-0.39, 0.29) is 0 Å². The van der Waals surface area contributed by atoms with Crippen LogP contribution in [-0.2, 0) is 0 Å². The van der Waals surface area contributed by atoms with Gasteiger partial charge in [0, 0.05) is 5.41 Å². The molecule has 0 N–H and O–H groups in total. The molecule has 58 valence electrons. The Kier molecular flexibility index (Phi) is 0.812. The molecule has 2 unspecified atom stereocenters. The molecule has 2 saturated carbocycles. The molecule has 3 aliphatic carbocycles. The summed E-state index contributed by atoms with van der Waals surface area (Å²) in [5.74, 6) is 0.934. The largest absolute Gasteiger partial charge is 0.0774 e. The van der Waals surface area contributed by atoms with Crippen LogP contribution in [0.15, 0.2) is 24.3 Å². The summed E-state index contributed by atoms with van der Waals surface area (Å²) in [7, 11) is 0. The SMILES string of the molecule is C[C@@H]1CCC23C=CC=CC12C3. The third kappa shape index (κ3) is 0.473. The van der Waals surface area contributed by atoms with Gasteiger partial charge in [-0.1, -0.05) is 31.2 Å². The second kappa shape index (κ2) is 1.48. The van der Waals surface area contributed by atoms with Gasteiger partial charge in [-0.05, 0) is 30.6 Å². The summed E-state index contributed by atoms with van der Waals surface area (Å²) in [4.78, 5) is 0. The number of rotatable bonds is 0. The van der Waals surface area contributed by atoms with Gasteiger partial charge in [0.05, 0.1) is 0 Å². The van der Waals surface area contributed by atoms with Crippen molar-refractivity contribution in [1.29, 1.82) is 0 Å². The molecular formula is C11H14. The van der Waals surface area contributed by atoms with Crippen molar-refractivity contribution >= 4 is 0 Å². The summed E-state index contributed by atoms with van der Waals surface area (Å²) in [5, 5.41) is 0. The normalized spacial score (nSPS) is 57.4. The van der Waals surface area contributed by atoms with Crippen LogP contribution in [0.4, 0.5) is 0 Å². The van der Waals surface area contributed by atoms with E-state index in [1.165, 1.54) is 19.3 Å². The lowest BCUT2D eigenvalue weighted by Gasteiger charge is -2.17. The van der Waals surface area contributed by atoms with Gasteiger partial charge < -0.3 is 0 Å². The Hall–Kier alpha value is -0.520. The molecule has 0 saturated heterocycles. The highest BCUT2D eigenvalue weighted by atomic mass is 14.7. The van der Waals surface area contributed by atoms with Gasteiger partial charge in [-0.2, -0.15) is 0 Å². The third-order valence-corrected chi connectivity index (χ3v) is 4.23. The summed E-state index contributed by atoms with van der Waals surface area (Å²) in [6, 6.07) is 0. The smallest absolute Gasteiger partial charge is 0.00104 e. The molecule has 0 aromatic carbocycles. The van der Waals surface area contributed by atoms with Gasteiger partial charge in [-0.3, -0.25) is 0 Å². The Labute approximate surface area is 68.0 Å². The highest BCUT2D eigenvalue weighted by Gasteiger charge is 2.70. The quantitative estimate of drug-likeness (QED) is 0.493. The Morgan fingerprint density at radius 3 is 2.91 bits per heavy atom. The van der Waals surface area contributed by atoms with Crippen LogP contribution in [0.1, 0.15) is 26.2 Å². The zero-order valence-corrected chi connectivity index (χ0v) is 7.01. The molecule has 3 atom stereocenters. The molecule has 0 aromatic rings. The standard InChI is InChI=1S/C11H14/c1-9-4-7-10-5-2-3-6-11(9,10)8-10/h2-3,5-6,9H,4,7-8H2,1H3/t9-,10?,11?/m1/s1. The molecule has 0 heteroatoms. The maximum atomic E-state index is 2.46. The van der Waals surface area contributed by atoms with Crippen LogP contribution in [0.2, 0.25) is 0 Å². The Morgan fingerprint density at radius 2 is 2.09 bits per heavy atom. The lowest BCUT2D eigenvalue weighted by Crippen LogP contribution is -2.10. The first-order valence-corrected chi connectivity index (χ1v) is 4.66. The second-order valence-corrected chi connectivity index (χ2v) is 4.53. The van der Waals surface area contributed by atoms with Crippen LogP contribution in [0.25, 0.3) is 0 Å². The third-order valence-electron chi connectivity index (χ3n) is 4.23. The van der Waals surface area contributed by atoms with E-state index in [9.17, 15) is 0 Å². The van der Waals surface area contributed by atoms with Crippen LogP contribution in [0.5, 0.6) is 0 Å². The summed E-state index contributed by atoms with van der Waals surface area (Å²) < 4.78 is 0. The van der Waals surface area contributed by atoms with E-state index in [0.717, 1.165) is 5.92 Å². The minimum atomic E-state index is 0.627. The summed E-state index contributed by atoms with van der Waals surface area (Å²) in [6.07, 6.45) is 13.7. The Bertz CT molecular complexity index is 261. The minimum absolute atomic E-state index is 0.627. The van der Waals surface area contributed by atoms with Crippen molar-refractivity contribution in [1.82, 2.24) is 0 Å². The van der Waals surface area contributed by atoms with Gasteiger partial charge in [0.25, 0.3) is 0 Å². The van der Waals surface area contributed by atoms with E-state index in [1.807, 2.05) is 0 Å². The van der Waals surface area contributed by atoms with Crippen LogP contribution < -0.4 is 0 Å². The molecule has 3 aliphatic rings. The average molecular weight is 146 g/mol. The second-order valence-electron chi connectivity index (χ2n) is 4.53. The molecule has 0 amide bonds. The maximum absolute atomic E-state index is 2.46. The highest BCUT2D eigenvalue weighted by Crippen LogP contribution is 2.78. The van der Waals surface area contributed by atoms with Gasteiger partial charge >= 0.3 is 0 Å². The summed E-state index contributed by atoms with van der Waals surface area (Å²) in [6.45, 7) is 2.41. The molecule has 0 heterocycles. The van der Waals surface area contributed by atoms with Crippen molar-refractivity contribution in [3.05, 3.63) is 24.3 Å². The lowest BCUT2D eigenvalue weighted by atomic mass is 9.87. The first-order chi connectivity index (χ1) is 5.29. The number of allylic oxidation sites excluding steroid dienone is 4. The van der Waals surface area contributed by atoms with Crippen LogP contribution in [-0.4, -0.2) is 0 Å². The topological polar surface area (TPSA) is 0 Å². The molecule has 0 nitrogen and oxygen atoms in total. The fourth-order valence-electron chi connectivity index (χ4n) is 3.35. The first kappa shape index (κ1) is 6.05. The molecule has 0 bridgehead atoms. The summed E-state index contributed by atoms with van der Waals surface area (Å²) in [5.41, 5.74) is 1.27. The Balaban J connectivity index is 2.12. The monoisotopic (exact) mass is 146 g/mol. The Morgan fingerprint density at radius 1 is 1.27 bits per heavy atom. The molecule has 3 rings (SSSR count). The lowest BCUT2D eigenvalue weighted by molar-refractivity contribution is 0.423. The maximum Gasteiger partial charge on any atom is 0.00104 e. The van der Waals surface area contributed by atoms with Gasteiger partial charge in [-0.25, -0.2) is 0 Å². The number of hydrogen-bond donors (Lipinski definition) is 0. The highest BCUT2D eigenvalue weighted by molar-refractivity contribution is 5.39. The molecule has 0 spiro atoms. The van der Waals surface area contributed by atoms with E-state index >= 15 is 0 Å². The molecule has 11 heavy (non-hydrogen) atoms. The van der Waals surface area contributed by atoms with Crippen LogP contribution in [0.3, 0.4) is 0 Å². The fraction of sp³-hybridized carbons (Fsp3) is 0.636. The van der Waals surface area contributed by atoms with E-state index in [4.69, 9.17) is 0 Å². The molecular weight excluding hydrogens is 132 g/mol. The van der Waals surface area contributed by atoms with Gasteiger partial charge in [-0.15, -0.1) is 0 Å². The molecule has 2 fully saturated rings. The van der Waals surface area contributed by atoms with Crippen molar-refractivity contribution in [2.45, 2.75) is 26.2 Å². The fourth-order valence-corrected chi connectivity index (χ4v) is 3.35. The predicted octanol–water partition coefficient (Wildman–Crippen LogP) is 2.92. The summed E-state index contributed by atoms with van der Waals surface area (Å²) >= 11 is 0. The van der Waals surface area contributed by atoms with Gasteiger partial charge in [0.2, 0.25) is 0 Å². The average Bonchev–Trinajstić information content (AvgIpc) is 2.63. The van der Waals surface area contributed by atoms with Crippen molar-refractivity contribution in [2.24, 2.45) is 16.7 Å². The molecule has 0 aliphatic heterocycles. The first-order valence-electron chi connectivity index (χ1n) is 4.66. The minimum Gasteiger partial charge on any atom is -0.0774 e. The predicted molar refractivity (Wildman–Crippen MR) is 46.2 cm³/mol. The van der Waals surface area contributed by atoms with Gasteiger partial charge in [0.15, 0.2) is 0 Å². The zero-order chi connectivity index (χ0) is 7.53. The van der Waals surface area contributed by atoms with Crippen LogP contribution >= 0.6 is 0 Å². The van der Waals surface area contributed by atoms with Crippen molar-refractivity contribution in [3.8, 4) is 0 Å².